The largest absolute Gasteiger partial charge is 0.480 e. The molecular weight excluding hydrogens is 524 g/mol. The molecule has 0 saturated carbocycles. The van der Waals surface area contributed by atoms with Crippen LogP contribution in [-0.2, 0) is 14.8 Å². The third-order valence-electron chi connectivity index (χ3n) is 4.09. The van der Waals surface area contributed by atoms with Crippen LogP contribution in [0.15, 0.2) is 64.2 Å². The van der Waals surface area contributed by atoms with Crippen molar-refractivity contribution >= 4 is 55.0 Å². The molecule has 1 amide bonds. The second-order valence-electron chi connectivity index (χ2n) is 6.37. The highest BCUT2D eigenvalue weighted by Crippen LogP contribution is 2.29. The number of carbonyl (C=O) groups excluding carboxylic acids is 1. The van der Waals surface area contributed by atoms with Crippen molar-refractivity contribution < 1.29 is 22.7 Å². The topological polar surface area (TPSA) is 120 Å². The van der Waals surface area contributed by atoms with Crippen LogP contribution in [0.4, 0.5) is 11.5 Å². The van der Waals surface area contributed by atoms with Crippen LogP contribution in [0, 0.1) is 0 Å². The molecule has 1 aromatic heterocycles. The van der Waals surface area contributed by atoms with Gasteiger partial charge in [-0.15, -0.1) is 0 Å². The van der Waals surface area contributed by atoms with Crippen LogP contribution < -0.4 is 19.5 Å². The Hall–Kier alpha value is -2.89. The highest BCUT2D eigenvalue weighted by Gasteiger charge is 2.19. The molecule has 2 aromatic carbocycles. The quantitative estimate of drug-likeness (QED) is 0.440. The monoisotopic (exact) mass is 540 g/mol. The summed E-state index contributed by atoms with van der Waals surface area (Å²) >= 11 is 9.23. The van der Waals surface area contributed by atoms with Crippen molar-refractivity contribution in [1.82, 2.24) is 9.97 Å². The summed E-state index contributed by atoms with van der Waals surface area (Å²) in [5, 5.41) is 3.21. The number of hydrogen-bond acceptors (Lipinski definition) is 7. The van der Waals surface area contributed by atoms with Crippen molar-refractivity contribution in [3.63, 3.8) is 0 Å². The van der Waals surface area contributed by atoms with E-state index in [-0.39, 0.29) is 16.6 Å². The zero-order valence-electron chi connectivity index (χ0n) is 16.9. The van der Waals surface area contributed by atoms with Crippen molar-refractivity contribution in [1.29, 1.82) is 0 Å². The fraction of sp³-hybridized carbons (Fsp3) is 0.150. The number of halogens is 2. The lowest BCUT2D eigenvalue weighted by atomic mass is 10.3. The highest BCUT2D eigenvalue weighted by molar-refractivity contribution is 9.10. The third-order valence-corrected chi connectivity index (χ3v) is 6.30. The molecule has 0 bridgehead atoms. The van der Waals surface area contributed by atoms with Crippen LogP contribution in [0.1, 0.15) is 6.92 Å². The van der Waals surface area contributed by atoms with E-state index in [0.29, 0.717) is 20.9 Å². The molecule has 1 unspecified atom stereocenters. The number of hydrogen-bond donors (Lipinski definition) is 2. The van der Waals surface area contributed by atoms with Crippen LogP contribution in [-0.4, -0.2) is 37.5 Å². The first-order chi connectivity index (χ1) is 15.2. The van der Waals surface area contributed by atoms with Gasteiger partial charge >= 0.3 is 0 Å². The number of amides is 1. The molecule has 1 heterocycles. The Morgan fingerprint density at radius 1 is 1.12 bits per heavy atom. The minimum absolute atomic E-state index is 0.0300. The molecule has 0 spiro atoms. The first-order valence-corrected chi connectivity index (χ1v) is 11.8. The van der Waals surface area contributed by atoms with Crippen LogP contribution >= 0.6 is 27.5 Å². The number of nitrogens with zero attached hydrogens (tertiary/aromatic N) is 2. The average Bonchev–Trinajstić information content (AvgIpc) is 2.76. The lowest BCUT2D eigenvalue weighted by Crippen LogP contribution is -2.30. The Balaban J connectivity index is 1.66. The van der Waals surface area contributed by atoms with Crippen LogP contribution in [0.25, 0.3) is 0 Å². The predicted molar refractivity (Wildman–Crippen MR) is 124 cm³/mol. The molecule has 0 aliphatic heterocycles. The molecule has 12 heteroatoms. The first kappa shape index (κ1) is 23.8. The molecule has 3 rings (SSSR count). The molecule has 0 aliphatic rings. The summed E-state index contributed by atoms with van der Waals surface area (Å²) in [6.45, 7) is 1.59. The van der Waals surface area contributed by atoms with Crippen molar-refractivity contribution in [2.24, 2.45) is 0 Å². The summed E-state index contributed by atoms with van der Waals surface area (Å²) < 4.78 is 38.8. The normalized spacial score (nSPS) is 12.0. The number of rotatable bonds is 8. The van der Waals surface area contributed by atoms with Gasteiger partial charge in [-0.25, -0.2) is 18.4 Å². The van der Waals surface area contributed by atoms with E-state index in [0.717, 1.165) is 0 Å². The van der Waals surface area contributed by atoms with Crippen LogP contribution in [0.3, 0.4) is 0 Å². The number of carbonyl (C=O) groups is 1. The average molecular weight is 542 g/mol. The zero-order chi connectivity index (χ0) is 23.3. The fourth-order valence-corrected chi connectivity index (χ4v) is 4.29. The maximum atomic E-state index is 12.6. The standard InChI is InChI=1S/C20H18BrClN4O5S/c1-12(31-17-8-3-13(22)11-16(17)21)19(27)25-14-4-6-15(7-5-14)32(28,29)26-18-20(30-2)24-10-9-23-18/h3-12H,1-2H3,(H,23,26)(H,25,27). The molecule has 9 nitrogen and oxygen atoms in total. The van der Waals surface area contributed by atoms with Gasteiger partial charge < -0.3 is 14.8 Å². The van der Waals surface area contributed by atoms with Gasteiger partial charge in [0.2, 0.25) is 5.82 Å². The van der Waals surface area contributed by atoms with Crippen molar-refractivity contribution in [3.05, 3.63) is 64.4 Å². The van der Waals surface area contributed by atoms with Crippen molar-refractivity contribution in [2.45, 2.75) is 17.9 Å². The Morgan fingerprint density at radius 2 is 1.81 bits per heavy atom. The maximum Gasteiger partial charge on any atom is 0.265 e. The SMILES string of the molecule is COc1nccnc1NS(=O)(=O)c1ccc(NC(=O)C(C)Oc2ccc(Cl)cc2Br)cc1. The van der Waals surface area contributed by atoms with Gasteiger partial charge in [0.15, 0.2) is 6.10 Å². The van der Waals surface area contributed by atoms with E-state index in [1.165, 1.54) is 43.8 Å². The molecule has 2 N–H and O–H groups in total. The lowest BCUT2D eigenvalue weighted by molar-refractivity contribution is -0.122. The molecule has 0 saturated heterocycles. The van der Waals surface area contributed by atoms with E-state index >= 15 is 0 Å². The molecule has 0 aliphatic carbocycles. The van der Waals surface area contributed by atoms with Gasteiger partial charge in [-0.2, -0.15) is 0 Å². The molecular formula is C20H18BrClN4O5S. The minimum Gasteiger partial charge on any atom is -0.480 e. The van der Waals surface area contributed by atoms with Crippen LogP contribution in [0.5, 0.6) is 11.6 Å². The van der Waals surface area contributed by atoms with Gasteiger partial charge in [0.1, 0.15) is 5.75 Å². The van der Waals surface area contributed by atoms with E-state index in [1.807, 2.05) is 0 Å². The predicted octanol–water partition coefficient (Wildman–Crippen LogP) is 4.11. The number of nitrogens with one attached hydrogen (secondary N) is 2. The number of benzene rings is 2. The number of anilines is 2. The van der Waals surface area contributed by atoms with Gasteiger partial charge in [-0.3, -0.25) is 9.52 Å². The summed E-state index contributed by atoms with van der Waals surface area (Å²) in [6, 6.07) is 10.6. The summed E-state index contributed by atoms with van der Waals surface area (Å²) in [6.07, 6.45) is 1.90. The van der Waals surface area contributed by atoms with Gasteiger partial charge in [-0.05, 0) is 65.3 Å². The van der Waals surface area contributed by atoms with E-state index < -0.39 is 22.0 Å². The van der Waals surface area contributed by atoms with Crippen molar-refractivity contribution in [3.8, 4) is 11.6 Å². The van der Waals surface area contributed by atoms with E-state index in [4.69, 9.17) is 21.1 Å². The minimum atomic E-state index is -3.94. The zero-order valence-corrected chi connectivity index (χ0v) is 20.0. The molecule has 3 aromatic rings. The Kier molecular flexibility index (Phi) is 7.54. The summed E-state index contributed by atoms with van der Waals surface area (Å²) in [4.78, 5) is 20.2. The molecule has 168 valence electrons. The summed E-state index contributed by atoms with van der Waals surface area (Å²) in [7, 11) is -2.59. The highest BCUT2D eigenvalue weighted by atomic mass is 79.9. The smallest absolute Gasteiger partial charge is 0.265 e. The number of sulfonamides is 1. The van der Waals surface area contributed by atoms with Gasteiger partial charge in [0.25, 0.3) is 21.8 Å². The Bertz CT molecular complexity index is 1220. The molecule has 0 fully saturated rings. The van der Waals surface area contributed by atoms with Gasteiger partial charge in [0, 0.05) is 23.1 Å². The molecule has 32 heavy (non-hydrogen) atoms. The number of ether oxygens (including phenoxy) is 2. The van der Waals surface area contributed by atoms with E-state index in [1.54, 1.807) is 25.1 Å². The fourth-order valence-electron chi connectivity index (χ4n) is 2.51. The molecule has 1 atom stereocenters. The third kappa shape index (κ3) is 5.87. The van der Waals surface area contributed by atoms with E-state index in [2.05, 4.69) is 35.9 Å². The second kappa shape index (κ2) is 10.2. The summed E-state index contributed by atoms with van der Waals surface area (Å²) in [5.41, 5.74) is 0.400. The Labute approximate surface area is 198 Å². The van der Waals surface area contributed by atoms with Gasteiger partial charge in [-0.1, -0.05) is 11.6 Å². The van der Waals surface area contributed by atoms with Crippen LogP contribution in [0.2, 0.25) is 5.02 Å². The lowest BCUT2D eigenvalue weighted by Gasteiger charge is -2.16. The number of methoxy groups -OCH3 is 1. The van der Waals surface area contributed by atoms with E-state index in [9.17, 15) is 13.2 Å². The Morgan fingerprint density at radius 3 is 2.47 bits per heavy atom. The van der Waals surface area contributed by atoms with Gasteiger partial charge in [0.05, 0.1) is 16.5 Å². The maximum absolute atomic E-state index is 12.6. The summed E-state index contributed by atoms with van der Waals surface area (Å²) in [5.74, 6) is 0.0573. The second-order valence-corrected chi connectivity index (χ2v) is 9.34. The first-order valence-electron chi connectivity index (χ1n) is 9.10. The molecule has 0 radical (unpaired) electrons. The number of aromatic nitrogens is 2. The van der Waals surface area contributed by atoms with Crippen molar-refractivity contribution in [2.75, 3.05) is 17.1 Å².